The summed E-state index contributed by atoms with van der Waals surface area (Å²) in [6, 6.07) is 21.2. The van der Waals surface area contributed by atoms with Crippen molar-refractivity contribution >= 4 is 17.4 Å². The number of Topliss-reactive ketones (excluding diaryl/α,β-unsaturated/α-hetero) is 1. The highest BCUT2D eigenvalue weighted by Gasteiger charge is 2.46. The van der Waals surface area contributed by atoms with Crippen molar-refractivity contribution in [1.82, 2.24) is 4.90 Å². The fourth-order valence-corrected chi connectivity index (χ4v) is 4.37. The van der Waals surface area contributed by atoms with E-state index in [1.165, 1.54) is 4.90 Å². The van der Waals surface area contributed by atoms with E-state index in [0.29, 0.717) is 23.0 Å². The molecule has 0 saturated carbocycles. The number of carbonyl (C=O) groups excluding carboxylic acids is 2. The van der Waals surface area contributed by atoms with Gasteiger partial charge < -0.3 is 19.5 Å². The molecule has 1 fully saturated rings. The lowest BCUT2D eigenvalue weighted by Crippen LogP contribution is -2.29. The molecule has 0 radical (unpaired) electrons. The van der Waals surface area contributed by atoms with Crippen molar-refractivity contribution in [3.63, 3.8) is 0 Å². The predicted molar refractivity (Wildman–Crippen MR) is 134 cm³/mol. The smallest absolute Gasteiger partial charge is 0.295 e. The highest BCUT2D eigenvalue weighted by atomic mass is 16.5. The SMILES string of the molecule is COc1ccc(/C(O)=C2\C(=O)C(=O)N(Cc3ccccc3OC)C2c2ccc(C(C)C)cc2)cc1. The second kappa shape index (κ2) is 10.1. The molecule has 1 N–H and O–H groups in total. The van der Waals surface area contributed by atoms with Crippen molar-refractivity contribution in [2.45, 2.75) is 32.4 Å². The van der Waals surface area contributed by atoms with E-state index in [-0.39, 0.29) is 17.9 Å². The van der Waals surface area contributed by atoms with Crippen molar-refractivity contribution in [2.24, 2.45) is 0 Å². The quantitative estimate of drug-likeness (QED) is 0.282. The molecular weight excluding hydrogens is 442 g/mol. The van der Waals surface area contributed by atoms with Crippen LogP contribution in [0.2, 0.25) is 0 Å². The number of amides is 1. The molecule has 0 aliphatic carbocycles. The summed E-state index contributed by atoms with van der Waals surface area (Å²) >= 11 is 0. The van der Waals surface area contributed by atoms with E-state index < -0.39 is 17.7 Å². The zero-order valence-electron chi connectivity index (χ0n) is 20.3. The Morgan fingerprint density at radius 1 is 0.914 bits per heavy atom. The number of nitrogens with zero attached hydrogens (tertiary/aromatic N) is 1. The maximum atomic E-state index is 13.3. The van der Waals surface area contributed by atoms with Crippen LogP contribution in [-0.4, -0.2) is 35.9 Å². The first-order chi connectivity index (χ1) is 16.8. The number of hydrogen-bond acceptors (Lipinski definition) is 5. The van der Waals surface area contributed by atoms with Gasteiger partial charge in [-0.1, -0.05) is 56.3 Å². The van der Waals surface area contributed by atoms with Gasteiger partial charge >= 0.3 is 0 Å². The minimum Gasteiger partial charge on any atom is -0.507 e. The summed E-state index contributed by atoms with van der Waals surface area (Å²) in [6.07, 6.45) is 0. The van der Waals surface area contributed by atoms with Crippen LogP contribution in [0, 0.1) is 0 Å². The highest BCUT2D eigenvalue weighted by molar-refractivity contribution is 6.46. The maximum absolute atomic E-state index is 13.3. The van der Waals surface area contributed by atoms with E-state index in [1.54, 1.807) is 38.5 Å². The van der Waals surface area contributed by atoms with Crippen LogP contribution in [0.25, 0.3) is 5.76 Å². The molecule has 180 valence electrons. The van der Waals surface area contributed by atoms with Crippen LogP contribution in [0.3, 0.4) is 0 Å². The van der Waals surface area contributed by atoms with Crippen LogP contribution in [0.4, 0.5) is 0 Å². The van der Waals surface area contributed by atoms with Gasteiger partial charge in [0.25, 0.3) is 11.7 Å². The molecule has 1 unspecified atom stereocenters. The molecule has 0 bridgehead atoms. The Kier molecular flexibility index (Phi) is 6.92. The molecule has 3 aromatic carbocycles. The summed E-state index contributed by atoms with van der Waals surface area (Å²) in [5, 5.41) is 11.2. The Morgan fingerprint density at radius 2 is 1.57 bits per heavy atom. The summed E-state index contributed by atoms with van der Waals surface area (Å²) in [5.41, 5.74) is 3.16. The van der Waals surface area contributed by atoms with Crippen LogP contribution >= 0.6 is 0 Å². The van der Waals surface area contributed by atoms with Gasteiger partial charge in [0.15, 0.2) is 0 Å². The summed E-state index contributed by atoms with van der Waals surface area (Å²) < 4.78 is 10.7. The zero-order chi connectivity index (χ0) is 25.1. The number of methoxy groups -OCH3 is 2. The molecule has 6 nitrogen and oxygen atoms in total. The second-order valence-corrected chi connectivity index (χ2v) is 8.79. The average Bonchev–Trinajstić information content (AvgIpc) is 3.13. The molecule has 35 heavy (non-hydrogen) atoms. The third kappa shape index (κ3) is 4.64. The maximum Gasteiger partial charge on any atom is 0.295 e. The number of ether oxygens (including phenoxy) is 2. The van der Waals surface area contributed by atoms with Gasteiger partial charge in [-0.2, -0.15) is 0 Å². The molecule has 1 amide bonds. The molecule has 0 spiro atoms. The summed E-state index contributed by atoms with van der Waals surface area (Å²) in [5.74, 6) is -0.0118. The largest absolute Gasteiger partial charge is 0.507 e. The van der Waals surface area contributed by atoms with Crippen molar-refractivity contribution in [3.8, 4) is 11.5 Å². The predicted octanol–water partition coefficient (Wildman–Crippen LogP) is 5.45. The van der Waals surface area contributed by atoms with E-state index in [4.69, 9.17) is 9.47 Å². The van der Waals surface area contributed by atoms with Gasteiger partial charge in [0.2, 0.25) is 0 Å². The fourth-order valence-electron chi connectivity index (χ4n) is 4.37. The van der Waals surface area contributed by atoms with Crippen molar-refractivity contribution in [3.05, 3.63) is 101 Å². The van der Waals surface area contributed by atoms with Gasteiger partial charge in [0, 0.05) is 11.1 Å². The van der Waals surface area contributed by atoms with Gasteiger partial charge in [0.1, 0.15) is 17.3 Å². The molecule has 1 atom stereocenters. The highest BCUT2D eigenvalue weighted by Crippen LogP contribution is 2.41. The minimum atomic E-state index is -0.747. The molecule has 4 rings (SSSR count). The van der Waals surface area contributed by atoms with Gasteiger partial charge in [-0.05, 0) is 47.4 Å². The molecular formula is C29H29NO5. The number of aliphatic hydroxyl groups excluding tert-OH is 1. The number of aliphatic hydroxyl groups is 1. The Morgan fingerprint density at radius 3 is 2.17 bits per heavy atom. The zero-order valence-corrected chi connectivity index (χ0v) is 20.3. The van der Waals surface area contributed by atoms with E-state index in [9.17, 15) is 14.7 Å². The van der Waals surface area contributed by atoms with Crippen LogP contribution < -0.4 is 9.47 Å². The van der Waals surface area contributed by atoms with Gasteiger partial charge in [-0.25, -0.2) is 0 Å². The molecule has 0 aromatic heterocycles. The Labute approximate surface area is 205 Å². The lowest BCUT2D eigenvalue weighted by molar-refractivity contribution is -0.140. The van der Waals surface area contributed by atoms with Crippen LogP contribution in [-0.2, 0) is 16.1 Å². The second-order valence-electron chi connectivity index (χ2n) is 8.79. The van der Waals surface area contributed by atoms with Gasteiger partial charge in [-0.3, -0.25) is 9.59 Å². The van der Waals surface area contributed by atoms with Crippen molar-refractivity contribution in [2.75, 3.05) is 14.2 Å². The van der Waals surface area contributed by atoms with E-state index in [1.807, 2.05) is 48.5 Å². The molecule has 3 aromatic rings. The van der Waals surface area contributed by atoms with E-state index in [2.05, 4.69) is 13.8 Å². The summed E-state index contributed by atoms with van der Waals surface area (Å²) in [4.78, 5) is 28.1. The molecule has 1 saturated heterocycles. The van der Waals surface area contributed by atoms with Gasteiger partial charge in [0.05, 0.1) is 32.4 Å². The Hall–Kier alpha value is -4.06. The third-order valence-corrected chi connectivity index (χ3v) is 6.36. The third-order valence-electron chi connectivity index (χ3n) is 6.36. The van der Waals surface area contributed by atoms with Crippen molar-refractivity contribution in [1.29, 1.82) is 0 Å². The summed E-state index contributed by atoms with van der Waals surface area (Å²) in [6.45, 7) is 4.36. The van der Waals surface area contributed by atoms with Crippen molar-refractivity contribution < 1.29 is 24.2 Å². The lowest BCUT2D eigenvalue weighted by Gasteiger charge is -2.26. The van der Waals surface area contributed by atoms with Gasteiger partial charge in [-0.15, -0.1) is 0 Å². The number of carbonyl (C=O) groups is 2. The molecule has 6 heteroatoms. The standard InChI is InChI=1S/C29H29NO5/c1-18(2)19-9-11-20(12-10-19)26-25(27(31)21-13-15-23(34-3)16-14-21)28(32)29(33)30(26)17-22-7-5-6-8-24(22)35-4/h5-16,18,26,31H,17H2,1-4H3/b27-25+. The van der Waals surface area contributed by atoms with Crippen LogP contribution in [0.1, 0.15) is 48.1 Å². The van der Waals surface area contributed by atoms with E-state index in [0.717, 1.165) is 16.7 Å². The number of benzene rings is 3. The average molecular weight is 472 g/mol. The Balaban J connectivity index is 1.85. The van der Waals surface area contributed by atoms with E-state index >= 15 is 0 Å². The number of rotatable bonds is 7. The Bertz CT molecular complexity index is 1260. The molecule has 1 aliphatic rings. The summed E-state index contributed by atoms with van der Waals surface area (Å²) in [7, 11) is 3.12. The monoisotopic (exact) mass is 471 g/mol. The first-order valence-corrected chi connectivity index (χ1v) is 11.5. The lowest BCUT2D eigenvalue weighted by atomic mass is 9.93. The minimum absolute atomic E-state index is 0.0624. The normalized spacial score (nSPS) is 17.2. The van der Waals surface area contributed by atoms with Crippen LogP contribution in [0.5, 0.6) is 11.5 Å². The first kappa shape index (κ1) is 24.1. The molecule has 1 heterocycles. The number of hydrogen-bond donors (Lipinski definition) is 1. The topological polar surface area (TPSA) is 76.1 Å². The number of ketones is 1. The fraction of sp³-hybridized carbons (Fsp3) is 0.241. The number of para-hydroxylation sites is 1. The molecule has 1 aliphatic heterocycles. The number of likely N-dealkylation sites (tertiary alicyclic amines) is 1. The first-order valence-electron chi connectivity index (χ1n) is 11.5. The van der Waals surface area contributed by atoms with Crippen LogP contribution in [0.15, 0.2) is 78.4 Å².